The van der Waals surface area contributed by atoms with Gasteiger partial charge in [0.15, 0.2) is 5.71 Å². The molecule has 0 bridgehead atoms. The van der Waals surface area contributed by atoms with Crippen molar-refractivity contribution >= 4 is 71.1 Å². The largest absolute Gasteiger partial charge is 0.355 e. The van der Waals surface area contributed by atoms with Crippen molar-refractivity contribution in [3.63, 3.8) is 0 Å². The van der Waals surface area contributed by atoms with Crippen LogP contribution in [0.3, 0.4) is 0 Å². The lowest BCUT2D eigenvalue weighted by atomic mass is 9.77. The molecular formula is C46H61N4O14S3+. The maximum atomic E-state index is 12.5. The summed E-state index contributed by atoms with van der Waals surface area (Å²) in [6.45, 7) is 10.0. The highest BCUT2D eigenvalue weighted by Gasteiger charge is 2.45. The molecule has 3 heterocycles. The normalized spacial score (nSPS) is 19.6. The molecule has 0 aliphatic carbocycles. The predicted octanol–water partition coefficient (Wildman–Crippen LogP) is 5.79. The first-order chi connectivity index (χ1) is 31.2. The predicted molar refractivity (Wildman–Crippen MR) is 250 cm³/mol. The van der Waals surface area contributed by atoms with Crippen LogP contribution in [-0.2, 0) is 65.2 Å². The Morgan fingerprint density at radius 1 is 0.851 bits per heavy atom. The highest BCUT2D eigenvalue weighted by atomic mass is 32.2. The van der Waals surface area contributed by atoms with E-state index in [4.69, 9.17) is 4.84 Å². The van der Waals surface area contributed by atoms with Crippen LogP contribution in [0.2, 0.25) is 0 Å². The van der Waals surface area contributed by atoms with Crippen molar-refractivity contribution in [2.45, 2.75) is 126 Å². The molecule has 4 N–H and O–H groups in total. The molecule has 2 atom stereocenters. The van der Waals surface area contributed by atoms with Crippen molar-refractivity contribution in [1.82, 2.24) is 10.4 Å². The number of unbranched alkanes of at least 4 members (excludes halogenated alkanes) is 3. The van der Waals surface area contributed by atoms with Crippen LogP contribution < -0.4 is 10.2 Å². The third-order valence-corrected chi connectivity index (χ3v) is 15.3. The van der Waals surface area contributed by atoms with Crippen LogP contribution in [0.4, 0.5) is 11.4 Å². The lowest BCUT2D eigenvalue weighted by Crippen LogP contribution is -2.34. The van der Waals surface area contributed by atoms with Crippen LogP contribution in [0.1, 0.15) is 115 Å². The molecule has 67 heavy (non-hydrogen) atoms. The zero-order valence-corrected chi connectivity index (χ0v) is 40.9. The maximum absolute atomic E-state index is 12.5. The molecule has 21 heteroatoms. The first kappa shape index (κ1) is 52.9. The molecular weight excluding hydrogens is 929 g/mol. The number of nitrogens with one attached hydrogen (secondary N) is 1. The number of hydrogen-bond donors (Lipinski definition) is 4. The van der Waals surface area contributed by atoms with E-state index >= 15 is 0 Å². The second kappa shape index (κ2) is 21.5. The van der Waals surface area contributed by atoms with Crippen molar-refractivity contribution in [1.29, 1.82) is 0 Å². The number of carbonyl (C=O) groups excluding carboxylic acids is 4. The Morgan fingerprint density at radius 2 is 1.54 bits per heavy atom. The third kappa shape index (κ3) is 13.3. The molecule has 366 valence electrons. The van der Waals surface area contributed by atoms with Gasteiger partial charge in [-0.2, -0.15) is 29.8 Å². The second-order valence-electron chi connectivity index (χ2n) is 17.9. The summed E-state index contributed by atoms with van der Waals surface area (Å²) < 4.78 is 102. The molecule has 1 saturated heterocycles. The highest BCUT2D eigenvalue weighted by Crippen LogP contribution is 2.51. The summed E-state index contributed by atoms with van der Waals surface area (Å²) in [5, 5.41) is 1.94. The van der Waals surface area contributed by atoms with Gasteiger partial charge >= 0.3 is 5.97 Å². The lowest BCUT2D eigenvalue weighted by molar-refractivity contribution is -0.438. The molecule has 5 rings (SSSR count). The van der Waals surface area contributed by atoms with E-state index in [1.54, 1.807) is 6.07 Å². The van der Waals surface area contributed by atoms with Gasteiger partial charge in [-0.1, -0.05) is 42.7 Å². The third-order valence-electron chi connectivity index (χ3n) is 12.5. The Kier molecular flexibility index (Phi) is 17.0. The van der Waals surface area contributed by atoms with Crippen LogP contribution >= 0.6 is 0 Å². The molecule has 2 aromatic rings. The molecule has 3 aliphatic rings. The number of benzene rings is 2. The van der Waals surface area contributed by atoms with E-state index in [-0.39, 0.29) is 56.0 Å². The van der Waals surface area contributed by atoms with Crippen molar-refractivity contribution in [3.8, 4) is 0 Å². The number of allylic oxidation sites excluding steroid dienone is 6. The van der Waals surface area contributed by atoms with Crippen LogP contribution in [0.5, 0.6) is 0 Å². The van der Waals surface area contributed by atoms with E-state index in [0.717, 1.165) is 22.5 Å². The quantitative estimate of drug-likeness (QED) is 0.0338. The molecule has 3 amide bonds. The Hall–Kier alpha value is -5.06. The second-order valence-corrected chi connectivity index (χ2v) is 22.8. The standard InChI is InChI=1S/C46H60N4O14S3/c1-32-19-21-37-35(29-32)45(3,4)39(48(37)26-13-11-17-41(51)47-31-33(2)66(58,59)60)15-8-6-9-16-40-46(5,25-12-7-10-18-44(54)64-50-42(52)23-24-43(50)53)36-30-34(67(61,62)63)20-22-38(36)49(40)27-14-28-65(55,56)57/h6,8-9,15-16,19-22,29-30,33H,7,10-14,17-18,23-28,31H2,1-5H3,(H3-,47,51,55,56,57,58,59,60,61,62,63)/p+1. The monoisotopic (exact) mass is 989 g/mol. The van der Waals surface area contributed by atoms with Gasteiger partial charge in [0.2, 0.25) is 11.6 Å². The first-order valence-electron chi connectivity index (χ1n) is 22.2. The Morgan fingerprint density at radius 3 is 2.19 bits per heavy atom. The summed E-state index contributed by atoms with van der Waals surface area (Å²) in [4.78, 5) is 55.3. The molecule has 0 radical (unpaired) electrons. The Bertz CT molecular complexity index is 2710. The molecule has 2 aromatic carbocycles. The fourth-order valence-corrected chi connectivity index (χ4v) is 10.0. The average Bonchev–Trinajstić information content (AvgIpc) is 3.75. The highest BCUT2D eigenvalue weighted by molar-refractivity contribution is 7.86. The maximum Gasteiger partial charge on any atom is 0.333 e. The van der Waals surface area contributed by atoms with E-state index in [1.165, 1.54) is 19.1 Å². The smallest absolute Gasteiger partial charge is 0.333 e. The van der Waals surface area contributed by atoms with Crippen LogP contribution in [0, 0.1) is 6.92 Å². The average molecular weight is 990 g/mol. The fraction of sp³-hybridized carbons (Fsp3) is 0.500. The molecule has 0 spiro atoms. The SMILES string of the molecule is Cc1ccc2c(c1)C(C)(C)C(C=CC=CC=C1N(CCCS(=O)(=O)O)c3ccc(S(=O)(=O)O)cc3C1(C)CCCCCC(=O)ON1C(=O)CCC1=O)=[N+]2CCCCC(=O)NCC(C)S(=O)(=O)O. The first-order valence-corrected chi connectivity index (χ1v) is 26.7. The van der Waals surface area contributed by atoms with Gasteiger partial charge in [0, 0.05) is 79.7 Å². The molecule has 2 unspecified atom stereocenters. The van der Waals surface area contributed by atoms with Gasteiger partial charge in [-0.05, 0) is 96.2 Å². The molecule has 3 aliphatic heterocycles. The number of rotatable bonds is 23. The number of aryl methyl sites for hydroxylation is 1. The van der Waals surface area contributed by atoms with Gasteiger partial charge in [0.25, 0.3) is 42.2 Å². The summed E-state index contributed by atoms with van der Waals surface area (Å²) in [6.07, 6.45) is 12.5. The summed E-state index contributed by atoms with van der Waals surface area (Å²) in [6, 6.07) is 10.5. The van der Waals surface area contributed by atoms with Gasteiger partial charge in [-0.3, -0.25) is 28.0 Å². The number of imide groups is 1. The van der Waals surface area contributed by atoms with Crippen molar-refractivity contribution in [3.05, 3.63) is 89.2 Å². The minimum atomic E-state index is -4.62. The number of nitrogens with zero attached hydrogens (tertiary/aromatic N) is 3. The van der Waals surface area contributed by atoms with Crippen molar-refractivity contribution in [2.24, 2.45) is 0 Å². The topological polar surface area (TPSA) is 262 Å². The van der Waals surface area contributed by atoms with Gasteiger partial charge in [-0.15, -0.1) is 5.06 Å². The van der Waals surface area contributed by atoms with E-state index in [1.807, 2.05) is 55.2 Å². The summed E-state index contributed by atoms with van der Waals surface area (Å²) in [7, 11) is -13.2. The van der Waals surface area contributed by atoms with E-state index < -0.39 is 70.0 Å². The fourth-order valence-electron chi connectivity index (χ4n) is 8.73. The van der Waals surface area contributed by atoms with Crippen molar-refractivity contribution in [2.75, 3.05) is 30.3 Å². The molecule has 0 aromatic heterocycles. The van der Waals surface area contributed by atoms with Gasteiger partial charge in [0.05, 0.1) is 16.1 Å². The van der Waals surface area contributed by atoms with Crippen molar-refractivity contribution < 1.29 is 67.5 Å². The zero-order chi connectivity index (χ0) is 49.5. The van der Waals surface area contributed by atoms with Gasteiger partial charge in [-0.25, -0.2) is 4.79 Å². The van der Waals surface area contributed by atoms with E-state index in [2.05, 4.69) is 35.9 Å². The number of amides is 3. The van der Waals surface area contributed by atoms with Crippen LogP contribution in [0.15, 0.2) is 77.4 Å². The van der Waals surface area contributed by atoms with Gasteiger partial charge in [0.1, 0.15) is 11.8 Å². The number of anilines is 1. The minimum Gasteiger partial charge on any atom is -0.355 e. The summed E-state index contributed by atoms with van der Waals surface area (Å²) in [5.41, 5.74) is 4.79. The zero-order valence-electron chi connectivity index (χ0n) is 38.4. The van der Waals surface area contributed by atoms with Crippen LogP contribution in [-0.4, -0.2) is 109 Å². The number of fused-ring (bicyclic) bond motifs is 2. The molecule has 1 fully saturated rings. The minimum absolute atomic E-state index is 0.0244. The van der Waals surface area contributed by atoms with E-state index in [9.17, 15) is 58.1 Å². The summed E-state index contributed by atoms with van der Waals surface area (Å²) >= 11 is 0. The van der Waals surface area contributed by atoms with E-state index in [0.29, 0.717) is 67.1 Å². The Balaban J connectivity index is 1.40. The molecule has 0 saturated carbocycles. The van der Waals surface area contributed by atoms with Gasteiger partial charge < -0.3 is 15.1 Å². The summed E-state index contributed by atoms with van der Waals surface area (Å²) in [5.74, 6) is -2.72. The number of hydroxylamine groups is 2. The number of carbonyl (C=O) groups is 4. The number of hydrogen-bond acceptors (Lipinski definition) is 12. The lowest BCUT2D eigenvalue weighted by Gasteiger charge is -2.30. The van der Waals surface area contributed by atoms with Crippen LogP contribution in [0.25, 0.3) is 0 Å². The molecule has 18 nitrogen and oxygen atoms in total. The Labute approximate surface area is 393 Å².